The molecule has 152 valence electrons. The molecule has 0 unspecified atom stereocenters. The standard InChI is InChI=1S/C17H15F3N6O2S/c1-2-29(27,28)13-8-12(26-7-3-6-24-26)10-23-15(13)16(21)25-14-5-4-11(9-22-14)17(18,19)20/h3-10H,2H2,1H3,(H2,21,22,25). The van der Waals surface area contributed by atoms with Crippen molar-refractivity contribution in [3.8, 4) is 5.69 Å². The number of pyridine rings is 2. The summed E-state index contributed by atoms with van der Waals surface area (Å²) in [5, 5.41) is 4.02. The molecule has 3 heterocycles. The molecule has 0 aliphatic carbocycles. The van der Waals surface area contributed by atoms with Gasteiger partial charge in [0.25, 0.3) is 0 Å². The van der Waals surface area contributed by atoms with Crippen molar-refractivity contribution in [1.82, 2.24) is 19.7 Å². The van der Waals surface area contributed by atoms with Crippen LogP contribution >= 0.6 is 0 Å². The zero-order chi connectivity index (χ0) is 21.2. The van der Waals surface area contributed by atoms with Crippen molar-refractivity contribution in [3.63, 3.8) is 0 Å². The fraction of sp³-hybridized carbons (Fsp3) is 0.176. The summed E-state index contributed by atoms with van der Waals surface area (Å²) in [5.74, 6) is -0.625. The lowest BCUT2D eigenvalue weighted by molar-refractivity contribution is -0.137. The third-order valence-corrected chi connectivity index (χ3v) is 5.62. The maximum Gasteiger partial charge on any atom is 0.417 e. The number of nitrogens with zero attached hydrogens (tertiary/aromatic N) is 5. The number of sulfone groups is 1. The second kappa shape index (κ2) is 7.62. The van der Waals surface area contributed by atoms with Gasteiger partial charge in [-0.3, -0.25) is 0 Å². The monoisotopic (exact) mass is 424 g/mol. The van der Waals surface area contributed by atoms with Gasteiger partial charge in [-0.2, -0.15) is 18.3 Å². The second-order valence-electron chi connectivity index (χ2n) is 5.79. The zero-order valence-electron chi connectivity index (χ0n) is 15.0. The predicted octanol–water partition coefficient (Wildman–Crippen LogP) is 2.51. The number of hydrogen-bond donors (Lipinski definition) is 1. The Morgan fingerprint density at radius 3 is 2.55 bits per heavy atom. The summed E-state index contributed by atoms with van der Waals surface area (Å²) in [6.45, 7) is 1.46. The lowest BCUT2D eigenvalue weighted by atomic mass is 10.3. The van der Waals surface area contributed by atoms with Crippen LogP contribution in [0.4, 0.5) is 19.0 Å². The number of alkyl halides is 3. The first-order chi connectivity index (χ1) is 13.6. The molecule has 0 bridgehead atoms. The summed E-state index contributed by atoms with van der Waals surface area (Å²) < 4.78 is 64.4. The number of nitrogens with two attached hydrogens (primary N) is 1. The first kappa shape index (κ1) is 20.5. The van der Waals surface area contributed by atoms with Gasteiger partial charge in [0.05, 0.1) is 28.1 Å². The molecule has 0 radical (unpaired) electrons. The maximum absolute atomic E-state index is 12.6. The van der Waals surface area contributed by atoms with E-state index in [-0.39, 0.29) is 28.0 Å². The highest BCUT2D eigenvalue weighted by molar-refractivity contribution is 7.91. The van der Waals surface area contributed by atoms with Crippen LogP contribution in [-0.2, 0) is 16.0 Å². The average molecular weight is 424 g/mol. The van der Waals surface area contributed by atoms with E-state index in [0.717, 1.165) is 12.1 Å². The van der Waals surface area contributed by atoms with Crippen LogP contribution < -0.4 is 5.73 Å². The van der Waals surface area contributed by atoms with Crippen LogP contribution in [0.5, 0.6) is 0 Å². The van der Waals surface area contributed by atoms with E-state index in [1.165, 1.54) is 30.1 Å². The molecule has 0 aromatic carbocycles. The minimum Gasteiger partial charge on any atom is -0.382 e. The zero-order valence-corrected chi connectivity index (χ0v) is 15.8. The number of hydrogen-bond acceptors (Lipinski definition) is 6. The van der Waals surface area contributed by atoms with E-state index in [9.17, 15) is 21.6 Å². The minimum absolute atomic E-state index is 0.117. The molecule has 0 aliphatic rings. The molecule has 0 amide bonds. The van der Waals surface area contributed by atoms with Crippen molar-refractivity contribution in [2.45, 2.75) is 18.0 Å². The van der Waals surface area contributed by atoms with Gasteiger partial charge in [0.1, 0.15) is 5.69 Å². The fourth-order valence-electron chi connectivity index (χ4n) is 2.36. The van der Waals surface area contributed by atoms with Crippen LogP contribution in [0, 0.1) is 0 Å². The molecule has 3 aromatic rings. The SMILES string of the molecule is CCS(=O)(=O)c1cc(-n2cccn2)cnc1C(N)=Nc1ccc(C(F)(F)F)cn1. The Labute approximate surface area is 163 Å². The van der Waals surface area contributed by atoms with Crippen LogP contribution in [0.2, 0.25) is 0 Å². The van der Waals surface area contributed by atoms with Gasteiger partial charge in [0.2, 0.25) is 0 Å². The van der Waals surface area contributed by atoms with Crippen LogP contribution in [0.25, 0.3) is 5.69 Å². The van der Waals surface area contributed by atoms with Crippen molar-refractivity contribution < 1.29 is 21.6 Å². The van der Waals surface area contributed by atoms with Gasteiger partial charge in [-0.05, 0) is 24.3 Å². The van der Waals surface area contributed by atoms with Crippen LogP contribution in [0.1, 0.15) is 18.2 Å². The third-order valence-electron chi connectivity index (χ3n) is 3.88. The number of halogens is 3. The second-order valence-corrected chi connectivity index (χ2v) is 8.04. The highest BCUT2D eigenvalue weighted by atomic mass is 32.2. The van der Waals surface area contributed by atoms with Crippen LogP contribution in [0.15, 0.2) is 58.9 Å². The third kappa shape index (κ3) is 4.42. The predicted molar refractivity (Wildman–Crippen MR) is 98.7 cm³/mol. The fourth-order valence-corrected chi connectivity index (χ4v) is 3.43. The van der Waals surface area contributed by atoms with Gasteiger partial charge < -0.3 is 5.73 Å². The molecule has 8 nitrogen and oxygen atoms in total. The topological polar surface area (TPSA) is 116 Å². The summed E-state index contributed by atoms with van der Waals surface area (Å²) >= 11 is 0. The van der Waals surface area contributed by atoms with E-state index in [4.69, 9.17) is 5.73 Å². The molecule has 0 fully saturated rings. The first-order valence-corrected chi connectivity index (χ1v) is 9.87. The Bertz CT molecular complexity index is 1140. The van der Waals surface area contributed by atoms with Crippen molar-refractivity contribution in [2.24, 2.45) is 10.7 Å². The van der Waals surface area contributed by atoms with Gasteiger partial charge in [-0.15, -0.1) is 0 Å². The summed E-state index contributed by atoms with van der Waals surface area (Å²) in [4.78, 5) is 11.5. The van der Waals surface area contributed by atoms with Gasteiger partial charge in [-0.1, -0.05) is 6.92 Å². The molecule has 0 saturated carbocycles. The lowest BCUT2D eigenvalue weighted by Gasteiger charge is -2.11. The molecule has 29 heavy (non-hydrogen) atoms. The van der Waals surface area contributed by atoms with E-state index < -0.39 is 21.6 Å². The van der Waals surface area contributed by atoms with E-state index in [1.54, 1.807) is 12.3 Å². The van der Waals surface area contributed by atoms with Crippen molar-refractivity contribution in [1.29, 1.82) is 0 Å². The Kier molecular flexibility index (Phi) is 5.38. The van der Waals surface area contributed by atoms with E-state index in [2.05, 4.69) is 20.1 Å². The average Bonchev–Trinajstić information content (AvgIpc) is 3.22. The lowest BCUT2D eigenvalue weighted by Crippen LogP contribution is -2.21. The van der Waals surface area contributed by atoms with E-state index in [0.29, 0.717) is 11.9 Å². The normalized spacial score (nSPS) is 12.9. The van der Waals surface area contributed by atoms with Crippen LogP contribution in [-0.4, -0.2) is 39.8 Å². The summed E-state index contributed by atoms with van der Waals surface area (Å²) in [7, 11) is -3.74. The molecule has 2 N–H and O–H groups in total. The number of rotatable bonds is 5. The highest BCUT2D eigenvalue weighted by Gasteiger charge is 2.30. The molecule has 0 aliphatic heterocycles. The quantitative estimate of drug-likeness (QED) is 0.497. The number of aliphatic imine (C=N–C) groups is 1. The summed E-state index contributed by atoms with van der Waals surface area (Å²) in [6.07, 6.45) is 0.577. The first-order valence-electron chi connectivity index (χ1n) is 8.22. The smallest absolute Gasteiger partial charge is 0.382 e. The molecule has 0 saturated heterocycles. The molecule has 0 atom stereocenters. The van der Waals surface area contributed by atoms with Crippen LogP contribution in [0.3, 0.4) is 0 Å². The van der Waals surface area contributed by atoms with E-state index in [1.807, 2.05) is 0 Å². The van der Waals surface area contributed by atoms with Crippen molar-refractivity contribution in [2.75, 3.05) is 5.75 Å². The Morgan fingerprint density at radius 2 is 2.00 bits per heavy atom. The molecule has 3 aromatic heterocycles. The highest BCUT2D eigenvalue weighted by Crippen LogP contribution is 2.29. The van der Waals surface area contributed by atoms with Gasteiger partial charge in [0, 0.05) is 18.6 Å². The number of aromatic nitrogens is 4. The van der Waals surface area contributed by atoms with Gasteiger partial charge in [-0.25, -0.2) is 28.1 Å². The molecule has 3 rings (SSSR count). The Morgan fingerprint density at radius 1 is 1.24 bits per heavy atom. The number of amidine groups is 1. The van der Waals surface area contributed by atoms with Crippen molar-refractivity contribution in [3.05, 3.63) is 60.3 Å². The van der Waals surface area contributed by atoms with Crippen molar-refractivity contribution >= 4 is 21.5 Å². The van der Waals surface area contributed by atoms with E-state index >= 15 is 0 Å². The maximum atomic E-state index is 12.6. The summed E-state index contributed by atoms with van der Waals surface area (Å²) in [5.41, 5.74) is 5.25. The largest absolute Gasteiger partial charge is 0.417 e. The molecular weight excluding hydrogens is 409 g/mol. The summed E-state index contributed by atoms with van der Waals surface area (Å²) in [6, 6.07) is 4.85. The molecule has 0 spiro atoms. The van der Waals surface area contributed by atoms with Gasteiger partial charge in [0.15, 0.2) is 21.5 Å². The molecule has 12 heteroatoms. The molecular formula is C17H15F3N6O2S. The minimum atomic E-state index is -4.53. The Balaban J connectivity index is 2.06. The Hall–Kier alpha value is -3.28. The van der Waals surface area contributed by atoms with Gasteiger partial charge >= 0.3 is 6.18 Å².